The SMILES string of the molecule is CC1(c2noc(C3CCOCC3)n2)CCCN(C(=O)c2ccco2)C1. The Morgan fingerprint density at radius 2 is 2.20 bits per heavy atom. The van der Waals surface area contributed by atoms with Crippen molar-refractivity contribution in [3.63, 3.8) is 0 Å². The molecular formula is C18H23N3O4. The van der Waals surface area contributed by atoms with Crippen LogP contribution in [-0.4, -0.2) is 47.3 Å². The molecule has 0 bridgehead atoms. The molecule has 25 heavy (non-hydrogen) atoms. The van der Waals surface area contributed by atoms with Crippen LogP contribution in [0.4, 0.5) is 0 Å². The van der Waals surface area contributed by atoms with E-state index in [4.69, 9.17) is 18.7 Å². The molecule has 0 saturated carbocycles. The topological polar surface area (TPSA) is 81.6 Å². The number of rotatable bonds is 3. The maximum atomic E-state index is 12.6. The van der Waals surface area contributed by atoms with Gasteiger partial charge in [0.1, 0.15) is 0 Å². The van der Waals surface area contributed by atoms with E-state index in [9.17, 15) is 4.79 Å². The maximum absolute atomic E-state index is 12.6. The van der Waals surface area contributed by atoms with Crippen molar-refractivity contribution in [2.45, 2.75) is 43.9 Å². The Labute approximate surface area is 146 Å². The lowest BCUT2D eigenvalue weighted by Gasteiger charge is -2.38. The van der Waals surface area contributed by atoms with Gasteiger partial charge in [0, 0.05) is 37.6 Å². The van der Waals surface area contributed by atoms with Crippen LogP contribution in [-0.2, 0) is 10.2 Å². The zero-order valence-corrected chi connectivity index (χ0v) is 14.4. The van der Waals surface area contributed by atoms with Crippen LogP contribution in [0.3, 0.4) is 0 Å². The molecule has 2 fully saturated rings. The molecule has 4 rings (SSSR count). The second-order valence-electron chi connectivity index (χ2n) is 7.21. The number of amides is 1. The fourth-order valence-corrected chi connectivity index (χ4v) is 3.74. The number of likely N-dealkylation sites (tertiary alicyclic amines) is 1. The average molecular weight is 345 g/mol. The van der Waals surface area contributed by atoms with Crippen molar-refractivity contribution >= 4 is 5.91 Å². The van der Waals surface area contributed by atoms with Crippen LogP contribution >= 0.6 is 0 Å². The summed E-state index contributed by atoms with van der Waals surface area (Å²) in [5.41, 5.74) is -0.298. The van der Waals surface area contributed by atoms with Gasteiger partial charge in [-0.05, 0) is 37.8 Å². The lowest BCUT2D eigenvalue weighted by molar-refractivity contribution is 0.0610. The number of nitrogens with zero attached hydrogens (tertiary/aromatic N) is 3. The summed E-state index contributed by atoms with van der Waals surface area (Å²) in [5, 5.41) is 4.26. The normalized spacial score (nSPS) is 25.2. The van der Waals surface area contributed by atoms with Crippen molar-refractivity contribution in [3.8, 4) is 0 Å². The van der Waals surface area contributed by atoms with E-state index in [0.717, 1.165) is 45.4 Å². The first-order valence-electron chi connectivity index (χ1n) is 8.90. The van der Waals surface area contributed by atoms with Crippen molar-refractivity contribution in [1.82, 2.24) is 15.0 Å². The summed E-state index contributed by atoms with van der Waals surface area (Å²) in [6.07, 6.45) is 5.20. The van der Waals surface area contributed by atoms with E-state index in [1.165, 1.54) is 6.26 Å². The van der Waals surface area contributed by atoms with Gasteiger partial charge in [-0.2, -0.15) is 4.98 Å². The molecule has 1 atom stereocenters. The molecule has 2 aromatic heterocycles. The fraction of sp³-hybridized carbons (Fsp3) is 0.611. The molecular weight excluding hydrogens is 322 g/mol. The van der Waals surface area contributed by atoms with Crippen molar-refractivity contribution in [2.75, 3.05) is 26.3 Å². The molecule has 0 aromatic carbocycles. The van der Waals surface area contributed by atoms with E-state index >= 15 is 0 Å². The Morgan fingerprint density at radius 1 is 1.36 bits per heavy atom. The fourth-order valence-electron chi connectivity index (χ4n) is 3.74. The summed E-state index contributed by atoms with van der Waals surface area (Å²) >= 11 is 0. The minimum absolute atomic E-state index is 0.0796. The third-order valence-electron chi connectivity index (χ3n) is 5.27. The summed E-state index contributed by atoms with van der Waals surface area (Å²) in [6, 6.07) is 3.43. The second kappa shape index (κ2) is 6.63. The predicted octanol–water partition coefficient (Wildman–Crippen LogP) is 2.75. The van der Waals surface area contributed by atoms with Crippen LogP contribution in [0.1, 0.15) is 60.8 Å². The third-order valence-corrected chi connectivity index (χ3v) is 5.27. The number of carbonyl (C=O) groups excluding carboxylic acids is 1. The molecule has 2 aromatic rings. The molecule has 2 aliphatic heterocycles. The Bertz CT molecular complexity index is 721. The monoisotopic (exact) mass is 345 g/mol. The molecule has 134 valence electrons. The zero-order chi connectivity index (χ0) is 17.3. The van der Waals surface area contributed by atoms with E-state index in [1.807, 2.05) is 4.90 Å². The maximum Gasteiger partial charge on any atom is 0.289 e. The second-order valence-corrected chi connectivity index (χ2v) is 7.21. The standard InChI is InChI=1S/C18H23N3O4/c1-18(17-19-15(25-20-17)13-5-10-23-11-6-13)7-3-8-21(12-18)16(22)14-4-2-9-24-14/h2,4,9,13H,3,5-8,10-12H2,1H3. The molecule has 0 spiro atoms. The Morgan fingerprint density at radius 3 is 2.96 bits per heavy atom. The first-order chi connectivity index (χ1) is 12.2. The summed E-state index contributed by atoms with van der Waals surface area (Å²) in [6.45, 7) is 4.88. The van der Waals surface area contributed by atoms with Gasteiger partial charge in [-0.3, -0.25) is 4.79 Å². The van der Waals surface area contributed by atoms with Crippen molar-refractivity contribution in [2.24, 2.45) is 0 Å². The summed E-state index contributed by atoms with van der Waals surface area (Å²) < 4.78 is 16.2. The Balaban J connectivity index is 1.50. The quantitative estimate of drug-likeness (QED) is 0.851. The zero-order valence-electron chi connectivity index (χ0n) is 14.4. The van der Waals surface area contributed by atoms with Gasteiger partial charge in [-0.15, -0.1) is 0 Å². The van der Waals surface area contributed by atoms with E-state index < -0.39 is 0 Å². The summed E-state index contributed by atoms with van der Waals surface area (Å²) in [4.78, 5) is 19.1. The first-order valence-corrected chi connectivity index (χ1v) is 8.90. The van der Waals surface area contributed by atoms with Gasteiger partial charge in [0.05, 0.1) is 6.26 Å². The lowest BCUT2D eigenvalue weighted by Crippen LogP contribution is -2.47. The molecule has 4 heterocycles. The molecule has 0 aliphatic carbocycles. The number of aromatic nitrogens is 2. The van der Waals surface area contributed by atoms with Crippen LogP contribution in [0.15, 0.2) is 27.3 Å². The van der Waals surface area contributed by atoms with Crippen LogP contribution in [0.2, 0.25) is 0 Å². The minimum atomic E-state index is -0.298. The van der Waals surface area contributed by atoms with E-state index in [0.29, 0.717) is 24.0 Å². The number of hydrogen-bond donors (Lipinski definition) is 0. The largest absolute Gasteiger partial charge is 0.459 e. The highest BCUT2D eigenvalue weighted by Crippen LogP contribution is 2.34. The number of furan rings is 1. The molecule has 7 nitrogen and oxygen atoms in total. The highest BCUT2D eigenvalue weighted by molar-refractivity contribution is 5.91. The smallest absolute Gasteiger partial charge is 0.289 e. The highest BCUT2D eigenvalue weighted by atomic mass is 16.5. The highest BCUT2D eigenvalue weighted by Gasteiger charge is 2.39. The van der Waals surface area contributed by atoms with E-state index in [-0.39, 0.29) is 17.2 Å². The molecule has 1 unspecified atom stereocenters. The predicted molar refractivity (Wildman–Crippen MR) is 88.3 cm³/mol. The first kappa shape index (κ1) is 16.3. The van der Waals surface area contributed by atoms with Gasteiger partial charge in [0.15, 0.2) is 11.6 Å². The van der Waals surface area contributed by atoms with Gasteiger partial charge in [0.2, 0.25) is 5.89 Å². The van der Waals surface area contributed by atoms with Crippen molar-refractivity contribution < 1.29 is 18.5 Å². The third kappa shape index (κ3) is 3.20. The summed E-state index contributed by atoms with van der Waals surface area (Å²) in [7, 11) is 0. The van der Waals surface area contributed by atoms with Crippen LogP contribution in [0.25, 0.3) is 0 Å². The van der Waals surface area contributed by atoms with E-state index in [1.54, 1.807) is 12.1 Å². The number of ether oxygens (including phenoxy) is 1. The minimum Gasteiger partial charge on any atom is -0.459 e. The van der Waals surface area contributed by atoms with Gasteiger partial charge < -0.3 is 18.6 Å². The van der Waals surface area contributed by atoms with Crippen molar-refractivity contribution in [3.05, 3.63) is 35.9 Å². The Hall–Kier alpha value is -2.15. The molecule has 7 heteroatoms. The van der Waals surface area contributed by atoms with Crippen LogP contribution in [0, 0.1) is 0 Å². The van der Waals surface area contributed by atoms with Gasteiger partial charge in [0.25, 0.3) is 5.91 Å². The van der Waals surface area contributed by atoms with Gasteiger partial charge >= 0.3 is 0 Å². The number of hydrogen-bond acceptors (Lipinski definition) is 6. The van der Waals surface area contributed by atoms with E-state index in [2.05, 4.69) is 12.1 Å². The average Bonchev–Trinajstić information content (AvgIpc) is 3.34. The molecule has 0 radical (unpaired) electrons. The molecule has 1 amide bonds. The van der Waals surface area contributed by atoms with Crippen LogP contribution in [0.5, 0.6) is 0 Å². The molecule has 2 saturated heterocycles. The molecule has 2 aliphatic rings. The van der Waals surface area contributed by atoms with Crippen molar-refractivity contribution in [1.29, 1.82) is 0 Å². The summed E-state index contributed by atoms with van der Waals surface area (Å²) in [5.74, 6) is 1.98. The Kier molecular flexibility index (Phi) is 4.33. The number of piperidine rings is 1. The number of carbonyl (C=O) groups is 1. The van der Waals surface area contributed by atoms with Crippen LogP contribution < -0.4 is 0 Å². The lowest BCUT2D eigenvalue weighted by atomic mass is 9.81. The molecule has 0 N–H and O–H groups in total. The van der Waals surface area contributed by atoms with Gasteiger partial charge in [-0.1, -0.05) is 12.1 Å². The van der Waals surface area contributed by atoms with Gasteiger partial charge in [-0.25, -0.2) is 0 Å².